The van der Waals surface area contributed by atoms with Crippen molar-refractivity contribution < 1.29 is 5.11 Å². The van der Waals surface area contributed by atoms with Crippen molar-refractivity contribution in [2.75, 3.05) is 26.2 Å². The van der Waals surface area contributed by atoms with Gasteiger partial charge < -0.3 is 10.4 Å². The van der Waals surface area contributed by atoms with Gasteiger partial charge in [0.2, 0.25) is 0 Å². The fourth-order valence-corrected chi connectivity index (χ4v) is 5.36. The van der Waals surface area contributed by atoms with Crippen LogP contribution in [-0.4, -0.2) is 42.3 Å². The third kappa shape index (κ3) is 3.83. The standard InChI is InChI=1S/C23H28N2O.2ClH/c26-22-8-10-24-15-23(22)9-3-11-25(16-23)14-17-6-7-21-19(12-17)13-18-4-1-2-5-20(18)21;;/h1-2,4-7,12,22,24,26H,3,8-11,13-16H2;2*1H/t22-,23-;;/m0../s1. The summed E-state index contributed by atoms with van der Waals surface area (Å²) < 4.78 is 0. The zero-order valence-electron chi connectivity index (χ0n) is 16.2. The van der Waals surface area contributed by atoms with Crippen LogP contribution < -0.4 is 5.32 Å². The van der Waals surface area contributed by atoms with Gasteiger partial charge >= 0.3 is 0 Å². The summed E-state index contributed by atoms with van der Waals surface area (Å²) in [5, 5.41) is 14.1. The van der Waals surface area contributed by atoms with E-state index in [2.05, 4.69) is 52.7 Å². The van der Waals surface area contributed by atoms with Gasteiger partial charge in [-0.05, 0) is 66.6 Å². The fourth-order valence-electron chi connectivity index (χ4n) is 5.36. The maximum absolute atomic E-state index is 10.6. The molecule has 2 aromatic rings. The van der Waals surface area contributed by atoms with Crippen molar-refractivity contribution >= 4 is 24.8 Å². The fraction of sp³-hybridized carbons (Fsp3) is 0.478. The molecule has 2 fully saturated rings. The first-order chi connectivity index (χ1) is 12.7. The number of hydrogen-bond acceptors (Lipinski definition) is 3. The zero-order valence-corrected chi connectivity index (χ0v) is 17.8. The first-order valence-corrected chi connectivity index (χ1v) is 10.0. The molecule has 152 valence electrons. The first kappa shape index (κ1) is 21.6. The van der Waals surface area contributed by atoms with Crippen LogP contribution in [0.2, 0.25) is 0 Å². The van der Waals surface area contributed by atoms with Crippen LogP contribution in [0.1, 0.15) is 36.0 Å². The summed E-state index contributed by atoms with van der Waals surface area (Å²) >= 11 is 0. The normalized spacial score (nSPS) is 26.1. The Balaban J connectivity index is 0.00000112. The molecule has 1 aliphatic carbocycles. The molecule has 28 heavy (non-hydrogen) atoms. The molecule has 1 spiro atoms. The molecular weight excluding hydrogens is 391 g/mol. The lowest BCUT2D eigenvalue weighted by Crippen LogP contribution is -2.57. The second kappa shape index (κ2) is 8.73. The molecule has 0 bridgehead atoms. The lowest BCUT2D eigenvalue weighted by atomic mass is 9.72. The molecule has 2 saturated heterocycles. The zero-order chi connectivity index (χ0) is 17.6. The molecule has 0 radical (unpaired) electrons. The van der Waals surface area contributed by atoms with E-state index in [1.165, 1.54) is 34.2 Å². The quantitative estimate of drug-likeness (QED) is 0.656. The molecule has 0 unspecified atom stereocenters. The van der Waals surface area contributed by atoms with E-state index in [4.69, 9.17) is 0 Å². The highest BCUT2D eigenvalue weighted by Gasteiger charge is 2.42. The SMILES string of the molecule is Cl.Cl.O[C@H]1CCNC[C@]12CCCN(Cc1ccc3c(c1)Cc1ccccc1-3)C2. The molecule has 2 aliphatic heterocycles. The Morgan fingerprint density at radius 2 is 1.89 bits per heavy atom. The highest BCUT2D eigenvalue weighted by Crippen LogP contribution is 2.39. The topological polar surface area (TPSA) is 35.5 Å². The summed E-state index contributed by atoms with van der Waals surface area (Å²) in [6.45, 7) is 5.07. The minimum atomic E-state index is -0.152. The number of likely N-dealkylation sites (tertiary alicyclic amines) is 1. The van der Waals surface area contributed by atoms with Gasteiger partial charge in [-0.15, -0.1) is 24.8 Å². The van der Waals surface area contributed by atoms with Crippen molar-refractivity contribution in [2.24, 2.45) is 5.41 Å². The molecule has 0 aromatic heterocycles. The smallest absolute Gasteiger partial charge is 0.0633 e. The van der Waals surface area contributed by atoms with Gasteiger partial charge in [0, 0.05) is 25.0 Å². The van der Waals surface area contributed by atoms with Crippen LogP contribution in [0, 0.1) is 5.41 Å². The van der Waals surface area contributed by atoms with Gasteiger partial charge in [0.05, 0.1) is 6.10 Å². The molecule has 2 atom stereocenters. The maximum atomic E-state index is 10.6. The highest BCUT2D eigenvalue weighted by atomic mass is 35.5. The maximum Gasteiger partial charge on any atom is 0.0633 e. The summed E-state index contributed by atoms with van der Waals surface area (Å²) in [6, 6.07) is 15.8. The second-order valence-electron chi connectivity index (χ2n) is 8.48. The Morgan fingerprint density at radius 3 is 2.75 bits per heavy atom. The molecule has 0 saturated carbocycles. The summed E-state index contributed by atoms with van der Waals surface area (Å²) in [5.41, 5.74) is 7.20. The monoisotopic (exact) mass is 420 g/mol. The number of aliphatic hydroxyl groups is 1. The van der Waals surface area contributed by atoms with Crippen molar-refractivity contribution in [3.8, 4) is 11.1 Å². The number of nitrogens with one attached hydrogen (secondary N) is 1. The largest absolute Gasteiger partial charge is 0.392 e. The molecule has 3 aliphatic rings. The van der Waals surface area contributed by atoms with Gasteiger partial charge in [-0.25, -0.2) is 0 Å². The van der Waals surface area contributed by atoms with Gasteiger partial charge in [0.1, 0.15) is 0 Å². The summed E-state index contributed by atoms with van der Waals surface area (Å²) in [4.78, 5) is 2.56. The van der Waals surface area contributed by atoms with E-state index >= 15 is 0 Å². The third-order valence-electron chi connectivity index (χ3n) is 6.73. The number of fused-ring (bicyclic) bond motifs is 3. The number of hydrogen-bond donors (Lipinski definition) is 2. The van der Waals surface area contributed by atoms with Gasteiger partial charge in [-0.2, -0.15) is 0 Å². The van der Waals surface area contributed by atoms with Crippen LogP contribution in [0.25, 0.3) is 11.1 Å². The van der Waals surface area contributed by atoms with Crippen molar-refractivity contribution in [2.45, 2.75) is 38.3 Å². The average Bonchev–Trinajstić information content (AvgIpc) is 3.02. The van der Waals surface area contributed by atoms with Crippen LogP contribution in [-0.2, 0) is 13.0 Å². The number of piperidine rings is 2. The third-order valence-corrected chi connectivity index (χ3v) is 6.73. The van der Waals surface area contributed by atoms with Crippen LogP contribution >= 0.6 is 24.8 Å². The predicted molar refractivity (Wildman–Crippen MR) is 120 cm³/mol. The summed E-state index contributed by atoms with van der Waals surface area (Å²) in [5.74, 6) is 0. The highest BCUT2D eigenvalue weighted by molar-refractivity contribution is 5.85. The molecule has 0 amide bonds. The molecule has 2 N–H and O–H groups in total. The molecule has 2 aromatic carbocycles. The number of halogens is 2. The van der Waals surface area contributed by atoms with Gasteiger partial charge in [-0.3, -0.25) is 4.90 Å². The van der Waals surface area contributed by atoms with Crippen LogP contribution in [0.3, 0.4) is 0 Å². The predicted octanol–water partition coefficient (Wildman–Crippen LogP) is 4.04. The Labute approximate surface area is 180 Å². The molecule has 5 heteroatoms. The van der Waals surface area contributed by atoms with E-state index in [1.807, 2.05) is 0 Å². The van der Waals surface area contributed by atoms with E-state index in [9.17, 15) is 5.11 Å². The minimum Gasteiger partial charge on any atom is -0.392 e. The first-order valence-electron chi connectivity index (χ1n) is 10.0. The average molecular weight is 421 g/mol. The van der Waals surface area contributed by atoms with E-state index in [-0.39, 0.29) is 36.3 Å². The Hall–Kier alpha value is -1.10. The molecular formula is C23H30Cl2N2O. The molecule has 2 heterocycles. The summed E-state index contributed by atoms with van der Waals surface area (Å²) in [7, 11) is 0. The molecule has 3 nitrogen and oxygen atoms in total. The Bertz CT molecular complexity index is 824. The van der Waals surface area contributed by atoms with Crippen LogP contribution in [0.5, 0.6) is 0 Å². The van der Waals surface area contributed by atoms with E-state index < -0.39 is 0 Å². The van der Waals surface area contributed by atoms with Gasteiger partial charge in [0.15, 0.2) is 0 Å². The number of aliphatic hydroxyl groups excluding tert-OH is 1. The van der Waals surface area contributed by atoms with E-state index in [0.717, 1.165) is 52.0 Å². The second-order valence-corrected chi connectivity index (χ2v) is 8.48. The van der Waals surface area contributed by atoms with Gasteiger partial charge in [-0.1, -0.05) is 42.5 Å². The van der Waals surface area contributed by atoms with Crippen molar-refractivity contribution in [1.82, 2.24) is 10.2 Å². The lowest BCUT2D eigenvalue weighted by molar-refractivity contribution is -0.0514. The van der Waals surface area contributed by atoms with Crippen molar-refractivity contribution in [3.63, 3.8) is 0 Å². The van der Waals surface area contributed by atoms with Crippen molar-refractivity contribution in [1.29, 1.82) is 0 Å². The van der Waals surface area contributed by atoms with Gasteiger partial charge in [0.25, 0.3) is 0 Å². The lowest BCUT2D eigenvalue weighted by Gasteiger charge is -2.48. The van der Waals surface area contributed by atoms with Crippen LogP contribution in [0.15, 0.2) is 42.5 Å². The molecule has 5 rings (SSSR count). The Kier molecular flexibility index (Phi) is 6.73. The summed E-state index contributed by atoms with van der Waals surface area (Å²) in [6.07, 6.45) is 4.14. The number of benzene rings is 2. The van der Waals surface area contributed by atoms with E-state index in [1.54, 1.807) is 0 Å². The minimum absolute atomic E-state index is 0. The van der Waals surface area contributed by atoms with Crippen molar-refractivity contribution in [3.05, 3.63) is 59.2 Å². The number of nitrogens with zero attached hydrogens (tertiary/aromatic N) is 1. The van der Waals surface area contributed by atoms with Crippen LogP contribution in [0.4, 0.5) is 0 Å². The number of rotatable bonds is 2. The van der Waals surface area contributed by atoms with E-state index in [0.29, 0.717) is 0 Å². The Morgan fingerprint density at radius 1 is 1.07 bits per heavy atom.